The zero-order chi connectivity index (χ0) is 14.7. The molecule has 1 fully saturated rings. The molecular weight excluding hydrogens is 278 g/mol. The first kappa shape index (κ1) is 14.6. The van der Waals surface area contributed by atoms with Crippen LogP contribution in [0.15, 0.2) is 24.3 Å². The number of nitrogens with zero attached hydrogens (tertiary/aromatic N) is 1. The molecule has 0 aliphatic carbocycles. The first-order valence-corrected chi connectivity index (χ1v) is 6.49. The molecule has 0 aromatic heterocycles. The lowest BCUT2D eigenvalue weighted by Gasteiger charge is -2.27. The molecule has 0 bridgehead atoms. The molecule has 0 radical (unpaired) electrons. The van der Waals surface area contributed by atoms with Crippen LogP contribution in [0.4, 0.5) is 0 Å². The predicted octanol–water partition coefficient (Wildman–Crippen LogP) is -0.687. The van der Waals surface area contributed by atoms with Crippen molar-refractivity contribution >= 4 is 29.0 Å². The van der Waals surface area contributed by atoms with E-state index in [0.717, 1.165) is 5.56 Å². The van der Waals surface area contributed by atoms with Crippen molar-refractivity contribution in [3.63, 3.8) is 0 Å². The largest absolute Gasteiger partial charge is 0.389 e. The topological polar surface area (TPSA) is 95.7 Å². The van der Waals surface area contributed by atoms with Crippen molar-refractivity contribution in [3.05, 3.63) is 35.4 Å². The minimum atomic E-state index is -0.783. The fraction of sp³-hybridized carbons (Fsp3) is 0.308. The number of β-amino-alcohol motifs (C(OH)–C–C–N with tert-alkyl or cyclic N) is 1. The Bertz CT molecular complexity index is 528. The molecule has 1 unspecified atom stereocenters. The maximum Gasteiger partial charge on any atom is 0.240 e. The highest BCUT2D eigenvalue weighted by Crippen LogP contribution is 2.15. The third-order valence-electron chi connectivity index (χ3n) is 3.02. The number of carbonyl (C=O) groups excluding carboxylic acids is 2. The van der Waals surface area contributed by atoms with Gasteiger partial charge in [-0.2, -0.15) is 0 Å². The minimum absolute atomic E-state index is 0.105. The molecule has 1 heterocycles. The number of imide groups is 1. The quantitative estimate of drug-likeness (QED) is 0.502. The van der Waals surface area contributed by atoms with Gasteiger partial charge in [0.1, 0.15) is 4.99 Å². The Morgan fingerprint density at radius 2 is 1.85 bits per heavy atom. The van der Waals surface area contributed by atoms with Crippen molar-refractivity contribution in [1.29, 1.82) is 0 Å². The lowest BCUT2D eigenvalue weighted by atomic mass is 10.1. The molecule has 7 heteroatoms. The fourth-order valence-corrected chi connectivity index (χ4v) is 2.18. The molecule has 0 spiro atoms. The Morgan fingerprint density at radius 3 is 2.35 bits per heavy atom. The zero-order valence-electron chi connectivity index (χ0n) is 10.7. The van der Waals surface area contributed by atoms with Crippen LogP contribution in [-0.2, 0) is 9.59 Å². The van der Waals surface area contributed by atoms with E-state index in [-0.39, 0.29) is 31.4 Å². The van der Waals surface area contributed by atoms with Gasteiger partial charge >= 0.3 is 0 Å². The molecule has 0 saturated carbocycles. The van der Waals surface area contributed by atoms with Gasteiger partial charge in [-0.25, -0.2) is 0 Å². The standard InChI is InChI=1S/C13H15N3O3S/c14-13(20)9-3-1-8(2-4-9)10(17)5-16-6-11(18)15-12(19)7-16/h1-4,10,17H,5-7H2,(H2,14,20)(H,15,18,19). The first-order valence-electron chi connectivity index (χ1n) is 6.08. The second-order valence-corrected chi connectivity index (χ2v) is 5.08. The van der Waals surface area contributed by atoms with Crippen molar-refractivity contribution in [3.8, 4) is 0 Å². The van der Waals surface area contributed by atoms with Crippen molar-refractivity contribution < 1.29 is 14.7 Å². The van der Waals surface area contributed by atoms with E-state index < -0.39 is 6.10 Å². The molecule has 1 aliphatic heterocycles. The van der Waals surface area contributed by atoms with E-state index >= 15 is 0 Å². The molecule has 1 atom stereocenters. The van der Waals surface area contributed by atoms with E-state index in [4.69, 9.17) is 18.0 Å². The third kappa shape index (κ3) is 3.60. The molecule has 1 aromatic carbocycles. The molecule has 2 amide bonds. The highest BCUT2D eigenvalue weighted by Gasteiger charge is 2.24. The lowest BCUT2D eigenvalue weighted by Crippen LogP contribution is -2.52. The Kier molecular flexibility index (Phi) is 4.43. The molecular formula is C13H15N3O3S. The van der Waals surface area contributed by atoms with Crippen molar-refractivity contribution in [2.24, 2.45) is 5.73 Å². The Hall–Kier alpha value is -1.83. The van der Waals surface area contributed by atoms with Crippen LogP contribution in [0.1, 0.15) is 17.2 Å². The smallest absolute Gasteiger partial charge is 0.240 e. The summed E-state index contributed by atoms with van der Waals surface area (Å²) in [6, 6.07) is 6.92. The number of piperazine rings is 1. The van der Waals surface area contributed by atoms with Crippen molar-refractivity contribution in [2.45, 2.75) is 6.10 Å². The van der Waals surface area contributed by atoms with Gasteiger partial charge in [0.15, 0.2) is 0 Å². The summed E-state index contributed by atoms with van der Waals surface area (Å²) in [5, 5.41) is 12.3. The monoisotopic (exact) mass is 293 g/mol. The van der Waals surface area contributed by atoms with Gasteiger partial charge < -0.3 is 10.8 Å². The summed E-state index contributed by atoms with van der Waals surface area (Å²) >= 11 is 4.85. The van der Waals surface area contributed by atoms with Crippen molar-refractivity contribution in [2.75, 3.05) is 19.6 Å². The van der Waals surface area contributed by atoms with Crippen LogP contribution in [0.5, 0.6) is 0 Å². The van der Waals surface area contributed by atoms with Crippen molar-refractivity contribution in [1.82, 2.24) is 10.2 Å². The number of rotatable bonds is 4. The van der Waals surface area contributed by atoms with Crippen LogP contribution in [0, 0.1) is 0 Å². The van der Waals surface area contributed by atoms with Gasteiger partial charge in [0.2, 0.25) is 11.8 Å². The maximum absolute atomic E-state index is 11.2. The Morgan fingerprint density at radius 1 is 1.30 bits per heavy atom. The van der Waals surface area contributed by atoms with E-state index in [1.807, 2.05) is 0 Å². The molecule has 20 heavy (non-hydrogen) atoms. The highest BCUT2D eigenvalue weighted by atomic mass is 32.1. The molecule has 2 rings (SSSR count). The maximum atomic E-state index is 11.2. The molecule has 106 valence electrons. The van der Waals surface area contributed by atoms with E-state index in [9.17, 15) is 14.7 Å². The van der Waals surface area contributed by atoms with Crippen LogP contribution in [0.2, 0.25) is 0 Å². The molecule has 6 nitrogen and oxygen atoms in total. The number of carbonyl (C=O) groups is 2. The zero-order valence-corrected chi connectivity index (χ0v) is 11.5. The molecule has 1 aliphatic rings. The number of nitrogens with one attached hydrogen (secondary N) is 1. The number of hydrogen-bond donors (Lipinski definition) is 3. The Labute approximate surface area is 121 Å². The van der Waals surface area contributed by atoms with Gasteiger partial charge in [-0.15, -0.1) is 0 Å². The van der Waals surface area contributed by atoms with Crippen LogP contribution >= 0.6 is 12.2 Å². The molecule has 4 N–H and O–H groups in total. The summed E-state index contributed by atoms with van der Waals surface area (Å²) in [6.07, 6.45) is -0.783. The van der Waals surface area contributed by atoms with Crippen LogP contribution < -0.4 is 11.1 Å². The highest BCUT2D eigenvalue weighted by molar-refractivity contribution is 7.80. The second-order valence-electron chi connectivity index (χ2n) is 4.64. The van der Waals surface area contributed by atoms with Gasteiger partial charge in [0, 0.05) is 12.1 Å². The lowest BCUT2D eigenvalue weighted by molar-refractivity contribution is -0.136. The number of amides is 2. The SMILES string of the molecule is NC(=S)c1ccc(C(O)CN2CC(=O)NC(=O)C2)cc1. The van der Waals surface area contributed by atoms with E-state index in [1.54, 1.807) is 29.2 Å². The predicted molar refractivity (Wildman–Crippen MR) is 76.9 cm³/mol. The minimum Gasteiger partial charge on any atom is -0.389 e. The van der Waals surface area contributed by atoms with Crippen LogP contribution in [-0.4, -0.2) is 46.4 Å². The van der Waals surface area contributed by atoms with Gasteiger partial charge in [-0.1, -0.05) is 36.5 Å². The van der Waals surface area contributed by atoms with Gasteiger partial charge in [0.25, 0.3) is 0 Å². The molecule has 1 aromatic rings. The average Bonchev–Trinajstić information content (AvgIpc) is 2.37. The Balaban J connectivity index is 2.00. The summed E-state index contributed by atoms with van der Waals surface area (Å²) in [5.74, 6) is -0.699. The molecule has 1 saturated heterocycles. The number of benzene rings is 1. The number of hydrogen-bond acceptors (Lipinski definition) is 5. The number of nitrogens with two attached hydrogens (primary N) is 1. The number of thiocarbonyl (C=S) groups is 1. The summed E-state index contributed by atoms with van der Waals surface area (Å²) in [6.45, 7) is 0.424. The van der Waals surface area contributed by atoms with Gasteiger partial charge in [0.05, 0.1) is 19.2 Å². The summed E-state index contributed by atoms with van der Waals surface area (Å²) in [5.41, 5.74) is 6.91. The average molecular weight is 293 g/mol. The van der Waals surface area contributed by atoms with E-state index in [2.05, 4.69) is 5.32 Å². The summed E-state index contributed by atoms with van der Waals surface area (Å²) in [4.78, 5) is 24.4. The van der Waals surface area contributed by atoms with E-state index in [0.29, 0.717) is 10.6 Å². The second kappa shape index (κ2) is 6.08. The normalized spacial score (nSPS) is 17.6. The first-order chi connectivity index (χ1) is 9.45. The number of aliphatic hydroxyl groups excluding tert-OH is 1. The van der Waals surface area contributed by atoms with E-state index in [1.165, 1.54) is 0 Å². The summed E-state index contributed by atoms with van der Waals surface area (Å²) < 4.78 is 0. The third-order valence-corrected chi connectivity index (χ3v) is 3.26. The number of aliphatic hydroxyl groups is 1. The van der Waals surface area contributed by atoms with Gasteiger partial charge in [-0.3, -0.25) is 19.8 Å². The van der Waals surface area contributed by atoms with Crippen LogP contribution in [0.3, 0.4) is 0 Å². The summed E-state index contributed by atoms with van der Waals surface area (Å²) in [7, 11) is 0. The van der Waals surface area contributed by atoms with Gasteiger partial charge in [-0.05, 0) is 5.56 Å². The fourth-order valence-electron chi connectivity index (χ4n) is 2.05. The van der Waals surface area contributed by atoms with Crippen LogP contribution in [0.25, 0.3) is 0 Å².